The number of aromatic nitrogens is 4. The molecule has 0 atom stereocenters. The third kappa shape index (κ3) is 3.73. The molecule has 2 aromatic heterocycles. The van der Waals surface area contributed by atoms with Gasteiger partial charge in [-0.25, -0.2) is 4.98 Å². The van der Waals surface area contributed by atoms with Crippen LogP contribution in [-0.4, -0.2) is 63.8 Å². The molecule has 1 saturated heterocycles. The van der Waals surface area contributed by atoms with Crippen molar-refractivity contribution in [2.45, 2.75) is 6.18 Å². The van der Waals surface area contributed by atoms with E-state index in [1.165, 1.54) is 12.0 Å². The number of hydrogen-bond donors (Lipinski definition) is 0. The van der Waals surface area contributed by atoms with Crippen molar-refractivity contribution in [3.05, 3.63) is 41.9 Å². The average Bonchev–Trinajstić information content (AvgIpc) is 3.16. The number of halogens is 3. The van der Waals surface area contributed by atoms with Crippen LogP contribution in [0.4, 0.5) is 13.2 Å². The lowest BCUT2D eigenvalue weighted by atomic mass is 10.1. The summed E-state index contributed by atoms with van der Waals surface area (Å²) in [6.07, 6.45) is -4.71. The highest BCUT2D eigenvalue weighted by molar-refractivity contribution is 5.91. The lowest BCUT2D eigenvalue weighted by Crippen LogP contribution is -2.41. The predicted octanol–water partition coefficient (Wildman–Crippen LogP) is 2.29. The van der Waals surface area contributed by atoms with E-state index in [9.17, 15) is 18.0 Å². The largest absolute Gasteiger partial charge is 0.497 e. The van der Waals surface area contributed by atoms with Gasteiger partial charge < -0.3 is 14.4 Å². The fourth-order valence-corrected chi connectivity index (χ4v) is 2.98. The summed E-state index contributed by atoms with van der Waals surface area (Å²) in [5.41, 5.74) is -0.560. The molecule has 29 heavy (non-hydrogen) atoms. The highest BCUT2D eigenvalue weighted by Crippen LogP contribution is 2.32. The quantitative estimate of drug-likeness (QED) is 0.663. The first-order valence-corrected chi connectivity index (χ1v) is 8.73. The van der Waals surface area contributed by atoms with Gasteiger partial charge in [-0.05, 0) is 30.3 Å². The van der Waals surface area contributed by atoms with Gasteiger partial charge >= 0.3 is 6.18 Å². The SMILES string of the molecule is COc1ccc(-c2cc(C(F)(F)F)n3nc(C(=O)N4CCOCC4)nc3n2)cc1. The maximum atomic E-state index is 13.6. The maximum Gasteiger partial charge on any atom is 0.433 e. The van der Waals surface area contributed by atoms with Gasteiger partial charge in [-0.15, -0.1) is 5.10 Å². The van der Waals surface area contributed by atoms with Crippen molar-refractivity contribution < 1.29 is 27.4 Å². The van der Waals surface area contributed by atoms with Gasteiger partial charge in [0.25, 0.3) is 11.7 Å². The number of alkyl halides is 3. The number of carbonyl (C=O) groups is 1. The Morgan fingerprint density at radius 1 is 1.14 bits per heavy atom. The zero-order chi connectivity index (χ0) is 20.6. The molecule has 11 heteroatoms. The van der Waals surface area contributed by atoms with Gasteiger partial charge in [0.15, 0.2) is 5.69 Å². The molecule has 1 amide bonds. The minimum absolute atomic E-state index is 0.0604. The van der Waals surface area contributed by atoms with E-state index in [1.54, 1.807) is 24.3 Å². The molecule has 0 N–H and O–H groups in total. The number of fused-ring (bicyclic) bond motifs is 1. The molecule has 0 bridgehead atoms. The van der Waals surface area contributed by atoms with Crippen molar-refractivity contribution in [2.75, 3.05) is 33.4 Å². The Hall–Kier alpha value is -3.21. The van der Waals surface area contributed by atoms with Gasteiger partial charge in [0, 0.05) is 18.7 Å². The molecule has 0 saturated carbocycles. The fourth-order valence-electron chi connectivity index (χ4n) is 2.98. The average molecular weight is 407 g/mol. The number of nitrogens with zero attached hydrogens (tertiary/aromatic N) is 5. The minimum atomic E-state index is -4.71. The number of ether oxygens (including phenoxy) is 2. The Bertz CT molecular complexity index is 1040. The maximum absolute atomic E-state index is 13.6. The summed E-state index contributed by atoms with van der Waals surface area (Å²) < 4.78 is 51.7. The molecular formula is C18H16F3N5O3. The Morgan fingerprint density at radius 2 is 1.83 bits per heavy atom. The van der Waals surface area contributed by atoms with Crippen molar-refractivity contribution in [3.8, 4) is 17.0 Å². The van der Waals surface area contributed by atoms with Crippen LogP contribution in [0.5, 0.6) is 5.75 Å². The summed E-state index contributed by atoms with van der Waals surface area (Å²) in [5, 5.41) is 3.79. The molecule has 8 nitrogen and oxygen atoms in total. The van der Waals surface area contributed by atoms with Gasteiger partial charge in [0.1, 0.15) is 5.75 Å². The number of hydrogen-bond acceptors (Lipinski definition) is 6. The topological polar surface area (TPSA) is 81.9 Å². The zero-order valence-electron chi connectivity index (χ0n) is 15.3. The van der Waals surface area contributed by atoms with Crippen molar-refractivity contribution in [1.82, 2.24) is 24.5 Å². The van der Waals surface area contributed by atoms with Crippen molar-refractivity contribution in [2.24, 2.45) is 0 Å². The number of amides is 1. The number of morpholine rings is 1. The third-order valence-corrected chi connectivity index (χ3v) is 4.48. The van der Waals surface area contributed by atoms with Gasteiger partial charge in [-0.3, -0.25) is 4.79 Å². The van der Waals surface area contributed by atoms with Crippen LogP contribution in [0, 0.1) is 0 Å². The molecule has 0 radical (unpaired) electrons. The molecular weight excluding hydrogens is 391 g/mol. The molecule has 1 aliphatic rings. The van der Waals surface area contributed by atoms with E-state index < -0.39 is 17.8 Å². The molecule has 0 spiro atoms. The zero-order valence-corrected chi connectivity index (χ0v) is 15.3. The molecule has 3 aromatic rings. The van der Waals surface area contributed by atoms with E-state index in [-0.39, 0.29) is 17.3 Å². The Morgan fingerprint density at radius 3 is 2.45 bits per heavy atom. The smallest absolute Gasteiger partial charge is 0.433 e. The van der Waals surface area contributed by atoms with Crippen LogP contribution >= 0.6 is 0 Å². The van der Waals surface area contributed by atoms with Crippen molar-refractivity contribution in [1.29, 1.82) is 0 Å². The summed E-state index contributed by atoms with van der Waals surface area (Å²) in [7, 11) is 1.49. The normalized spacial score (nSPS) is 15.0. The minimum Gasteiger partial charge on any atom is -0.497 e. The van der Waals surface area contributed by atoms with E-state index >= 15 is 0 Å². The van der Waals surface area contributed by atoms with Gasteiger partial charge in [-0.1, -0.05) is 0 Å². The van der Waals surface area contributed by atoms with E-state index in [2.05, 4.69) is 15.1 Å². The van der Waals surface area contributed by atoms with Crippen LogP contribution in [0.3, 0.4) is 0 Å². The third-order valence-electron chi connectivity index (χ3n) is 4.48. The van der Waals surface area contributed by atoms with Crippen molar-refractivity contribution >= 4 is 11.7 Å². The van der Waals surface area contributed by atoms with Crippen LogP contribution in [0.1, 0.15) is 16.3 Å². The molecule has 4 rings (SSSR count). The monoisotopic (exact) mass is 407 g/mol. The summed E-state index contributed by atoms with van der Waals surface area (Å²) in [5.74, 6) is -0.635. The molecule has 0 aliphatic carbocycles. The van der Waals surface area contributed by atoms with E-state index in [4.69, 9.17) is 9.47 Å². The lowest BCUT2D eigenvalue weighted by Gasteiger charge is -2.25. The second-order valence-electron chi connectivity index (χ2n) is 6.30. The molecule has 3 heterocycles. The molecule has 1 aromatic carbocycles. The number of methoxy groups -OCH3 is 1. The van der Waals surface area contributed by atoms with Gasteiger partial charge in [0.2, 0.25) is 5.82 Å². The van der Waals surface area contributed by atoms with E-state index in [0.717, 1.165) is 6.07 Å². The Labute approximate surface area is 162 Å². The molecule has 152 valence electrons. The molecule has 1 aliphatic heterocycles. The van der Waals surface area contributed by atoms with Gasteiger partial charge in [0.05, 0.1) is 26.0 Å². The fraction of sp³-hybridized carbons (Fsp3) is 0.333. The van der Waals surface area contributed by atoms with E-state index in [1.807, 2.05) is 0 Å². The van der Waals surface area contributed by atoms with Crippen molar-refractivity contribution in [3.63, 3.8) is 0 Å². The first-order chi connectivity index (χ1) is 13.9. The summed E-state index contributed by atoms with van der Waals surface area (Å²) in [4.78, 5) is 22.1. The number of rotatable bonds is 3. The van der Waals surface area contributed by atoms with Gasteiger partial charge in [-0.2, -0.15) is 22.7 Å². The standard InChI is InChI=1S/C18H16F3N5O3/c1-28-12-4-2-11(3-5-12)13-10-14(18(19,20)21)26-17(22-13)23-15(24-26)16(27)25-6-8-29-9-7-25/h2-5,10H,6-9H2,1H3. The summed E-state index contributed by atoms with van der Waals surface area (Å²) >= 11 is 0. The second-order valence-corrected chi connectivity index (χ2v) is 6.30. The van der Waals surface area contributed by atoms with Crippen LogP contribution in [0.15, 0.2) is 30.3 Å². The number of carbonyl (C=O) groups excluding carboxylic acids is 1. The number of benzene rings is 1. The van der Waals surface area contributed by atoms with Crippen LogP contribution in [-0.2, 0) is 10.9 Å². The predicted molar refractivity (Wildman–Crippen MR) is 94.5 cm³/mol. The lowest BCUT2D eigenvalue weighted by molar-refractivity contribution is -0.142. The first-order valence-electron chi connectivity index (χ1n) is 8.73. The highest BCUT2D eigenvalue weighted by Gasteiger charge is 2.36. The Balaban J connectivity index is 1.80. The van der Waals surface area contributed by atoms with Crippen LogP contribution < -0.4 is 4.74 Å². The summed E-state index contributed by atoms with van der Waals surface area (Å²) in [6, 6.07) is 7.30. The highest BCUT2D eigenvalue weighted by atomic mass is 19.4. The van der Waals surface area contributed by atoms with Crippen LogP contribution in [0.2, 0.25) is 0 Å². The Kier molecular flexibility index (Phi) is 4.82. The first kappa shape index (κ1) is 19.1. The van der Waals surface area contributed by atoms with Crippen LogP contribution in [0.25, 0.3) is 17.0 Å². The van der Waals surface area contributed by atoms with E-state index in [0.29, 0.717) is 42.1 Å². The second kappa shape index (κ2) is 7.32. The summed E-state index contributed by atoms with van der Waals surface area (Å²) in [6.45, 7) is 1.36. The molecule has 1 fully saturated rings. The molecule has 0 unspecified atom stereocenters.